The fraction of sp³-hybridized carbons (Fsp3) is 0.200. The van der Waals surface area contributed by atoms with E-state index in [2.05, 4.69) is 57.0 Å². The quantitative estimate of drug-likeness (QED) is 0.694. The standard InChI is InChI=1S/C10H8Br2S/c1-2-7-8-5-6(11)3-4-9(8)13-10(7)12/h3-5H,2H2,1H3. The van der Waals surface area contributed by atoms with E-state index < -0.39 is 0 Å². The highest BCUT2D eigenvalue weighted by molar-refractivity contribution is 9.11. The van der Waals surface area contributed by atoms with Gasteiger partial charge in [-0.05, 0) is 51.5 Å². The lowest BCUT2D eigenvalue weighted by Crippen LogP contribution is -1.76. The molecular formula is C10H8Br2S. The van der Waals surface area contributed by atoms with Gasteiger partial charge in [0.15, 0.2) is 0 Å². The summed E-state index contributed by atoms with van der Waals surface area (Å²) in [6, 6.07) is 6.44. The van der Waals surface area contributed by atoms with Gasteiger partial charge in [0.2, 0.25) is 0 Å². The minimum absolute atomic E-state index is 1.08. The van der Waals surface area contributed by atoms with Gasteiger partial charge >= 0.3 is 0 Å². The van der Waals surface area contributed by atoms with Crippen LogP contribution in [0, 0.1) is 0 Å². The maximum atomic E-state index is 3.60. The average molecular weight is 320 g/mol. The molecule has 0 aliphatic carbocycles. The summed E-state index contributed by atoms with van der Waals surface area (Å²) in [5.74, 6) is 0. The Balaban J connectivity index is 2.80. The van der Waals surface area contributed by atoms with Crippen LogP contribution in [-0.4, -0.2) is 0 Å². The molecule has 0 nitrogen and oxygen atoms in total. The van der Waals surface area contributed by atoms with Gasteiger partial charge in [-0.1, -0.05) is 22.9 Å². The van der Waals surface area contributed by atoms with E-state index in [0.717, 1.165) is 10.9 Å². The van der Waals surface area contributed by atoms with Gasteiger partial charge in [-0.3, -0.25) is 0 Å². The maximum Gasteiger partial charge on any atom is 0.0742 e. The third-order valence-electron chi connectivity index (χ3n) is 2.06. The first kappa shape index (κ1) is 9.69. The summed E-state index contributed by atoms with van der Waals surface area (Å²) in [6.07, 6.45) is 1.08. The first-order valence-electron chi connectivity index (χ1n) is 4.08. The van der Waals surface area contributed by atoms with Crippen molar-refractivity contribution in [1.82, 2.24) is 0 Å². The molecule has 0 saturated heterocycles. The second-order valence-electron chi connectivity index (χ2n) is 2.85. The van der Waals surface area contributed by atoms with E-state index in [1.165, 1.54) is 19.4 Å². The van der Waals surface area contributed by atoms with Gasteiger partial charge in [0, 0.05) is 9.17 Å². The van der Waals surface area contributed by atoms with Crippen LogP contribution in [0.1, 0.15) is 12.5 Å². The van der Waals surface area contributed by atoms with Crippen molar-refractivity contribution in [3.8, 4) is 0 Å². The molecule has 0 N–H and O–H groups in total. The molecular weight excluding hydrogens is 312 g/mol. The monoisotopic (exact) mass is 318 g/mol. The summed E-state index contributed by atoms with van der Waals surface area (Å²) >= 11 is 8.90. The molecule has 0 amide bonds. The van der Waals surface area contributed by atoms with Crippen LogP contribution in [0.5, 0.6) is 0 Å². The molecule has 1 heterocycles. The van der Waals surface area contributed by atoms with Crippen molar-refractivity contribution in [2.45, 2.75) is 13.3 Å². The molecule has 2 rings (SSSR count). The lowest BCUT2D eigenvalue weighted by atomic mass is 10.1. The fourth-order valence-electron chi connectivity index (χ4n) is 1.42. The van der Waals surface area contributed by atoms with Crippen molar-refractivity contribution in [3.05, 3.63) is 32.0 Å². The highest BCUT2D eigenvalue weighted by Gasteiger charge is 2.07. The molecule has 0 radical (unpaired) electrons. The van der Waals surface area contributed by atoms with Gasteiger partial charge in [0.1, 0.15) is 0 Å². The van der Waals surface area contributed by atoms with Crippen molar-refractivity contribution in [3.63, 3.8) is 0 Å². The van der Waals surface area contributed by atoms with Crippen LogP contribution >= 0.6 is 43.2 Å². The molecule has 13 heavy (non-hydrogen) atoms. The third-order valence-corrected chi connectivity index (χ3v) is 4.52. The number of thiophene rings is 1. The summed E-state index contributed by atoms with van der Waals surface area (Å²) in [5, 5.41) is 1.37. The van der Waals surface area contributed by atoms with Crippen molar-refractivity contribution in [2.75, 3.05) is 0 Å². The fourth-order valence-corrected chi connectivity index (χ4v) is 3.80. The molecule has 0 aliphatic heterocycles. The predicted octanol–water partition coefficient (Wildman–Crippen LogP) is 4.99. The molecule has 0 saturated carbocycles. The Morgan fingerprint density at radius 2 is 2.08 bits per heavy atom. The first-order valence-corrected chi connectivity index (χ1v) is 6.49. The van der Waals surface area contributed by atoms with Crippen LogP contribution < -0.4 is 0 Å². The van der Waals surface area contributed by atoms with E-state index in [4.69, 9.17) is 0 Å². The Hall–Kier alpha value is 0.140. The summed E-state index contributed by atoms with van der Waals surface area (Å²) in [4.78, 5) is 0. The van der Waals surface area contributed by atoms with Gasteiger partial charge in [0.25, 0.3) is 0 Å². The van der Waals surface area contributed by atoms with Gasteiger partial charge < -0.3 is 0 Å². The molecule has 68 valence electrons. The molecule has 3 heteroatoms. The summed E-state index contributed by atoms with van der Waals surface area (Å²) < 4.78 is 3.77. The highest BCUT2D eigenvalue weighted by Crippen LogP contribution is 2.36. The molecule has 0 bridgehead atoms. The van der Waals surface area contributed by atoms with Crippen molar-refractivity contribution in [1.29, 1.82) is 0 Å². The van der Waals surface area contributed by atoms with Gasteiger partial charge in [0.05, 0.1) is 3.79 Å². The smallest absolute Gasteiger partial charge is 0.0742 e. The minimum atomic E-state index is 1.08. The minimum Gasteiger partial charge on any atom is -0.128 e. The van der Waals surface area contributed by atoms with E-state index in [-0.39, 0.29) is 0 Å². The Kier molecular flexibility index (Phi) is 2.77. The van der Waals surface area contributed by atoms with Crippen molar-refractivity contribution >= 4 is 53.3 Å². The highest BCUT2D eigenvalue weighted by atomic mass is 79.9. The van der Waals surface area contributed by atoms with Crippen LogP contribution in [0.3, 0.4) is 0 Å². The Labute approximate surface area is 98.2 Å². The average Bonchev–Trinajstić information content (AvgIpc) is 2.40. The van der Waals surface area contributed by atoms with Crippen LogP contribution in [0.2, 0.25) is 0 Å². The van der Waals surface area contributed by atoms with Gasteiger partial charge in [-0.25, -0.2) is 0 Å². The summed E-state index contributed by atoms with van der Waals surface area (Å²) in [7, 11) is 0. The third kappa shape index (κ3) is 1.69. The number of hydrogen-bond donors (Lipinski definition) is 0. The Bertz CT molecular complexity index is 445. The Morgan fingerprint density at radius 3 is 2.77 bits per heavy atom. The zero-order chi connectivity index (χ0) is 9.42. The molecule has 0 atom stereocenters. The first-order chi connectivity index (χ1) is 6.22. The van der Waals surface area contributed by atoms with E-state index >= 15 is 0 Å². The van der Waals surface area contributed by atoms with E-state index in [1.54, 1.807) is 0 Å². The molecule has 1 aromatic heterocycles. The molecule has 0 unspecified atom stereocenters. The summed E-state index contributed by atoms with van der Waals surface area (Å²) in [5.41, 5.74) is 1.42. The summed E-state index contributed by atoms with van der Waals surface area (Å²) in [6.45, 7) is 2.19. The second kappa shape index (κ2) is 3.71. The van der Waals surface area contributed by atoms with Gasteiger partial charge in [-0.2, -0.15) is 0 Å². The molecule has 0 spiro atoms. The normalized spacial score (nSPS) is 11.0. The number of rotatable bonds is 1. The number of hydrogen-bond acceptors (Lipinski definition) is 1. The van der Waals surface area contributed by atoms with Crippen LogP contribution in [0.25, 0.3) is 10.1 Å². The van der Waals surface area contributed by atoms with Crippen molar-refractivity contribution in [2.24, 2.45) is 0 Å². The topological polar surface area (TPSA) is 0 Å². The van der Waals surface area contributed by atoms with Crippen LogP contribution in [0.4, 0.5) is 0 Å². The zero-order valence-electron chi connectivity index (χ0n) is 7.10. The molecule has 0 aliphatic rings. The van der Waals surface area contributed by atoms with Gasteiger partial charge in [-0.15, -0.1) is 11.3 Å². The molecule has 1 aromatic carbocycles. The Morgan fingerprint density at radius 1 is 1.31 bits per heavy atom. The van der Waals surface area contributed by atoms with E-state index in [0.29, 0.717) is 0 Å². The molecule has 0 fully saturated rings. The SMILES string of the molecule is CCc1c(Br)sc2ccc(Br)cc12. The lowest BCUT2D eigenvalue weighted by molar-refractivity contribution is 1.16. The zero-order valence-corrected chi connectivity index (χ0v) is 11.1. The predicted molar refractivity (Wildman–Crippen MR) is 66.6 cm³/mol. The number of aryl methyl sites for hydroxylation is 1. The van der Waals surface area contributed by atoms with Crippen LogP contribution in [-0.2, 0) is 6.42 Å². The van der Waals surface area contributed by atoms with Crippen molar-refractivity contribution < 1.29 is 0 Å². The lowest BCUT2D eigenvalue weighted by Gasteiger charge is -1.95. The van der Waals surface area contributed by atoms with E-state index in [9.17, 15) is 0 Å². The second-order valence-corrected chi connectivity index (χ2v) is 6.13. The number of benzene rings is 1. The van der Waals surface area contributed by atoms with E-state index in [1.807, 2.05) is 11.3 Å². The number of fused-ring (bicyclic) bond motifs is 1. The number of halogens is 2. The van der Waals surface area contributed by atoms with Crippen LogP contribution in [0.15, 0.2) is 26.5 Å². The largest absolute Gasteiger partial charge is 0.128 e. The molecule has 2 aromatic rings. The maximum absolute atomic E-state index is 3.60.